The summed E-state index contributed by atoms with van der Waals surface area (Å²) in [5.74, 6) is -7.14. The Morgan fingerprint density at radius 2 is 1.73 bits per heavy atom. The number of aliphatic carboxylic acids is 1. The Labute approximate surface area is 130 Å². The first-order valence-electron chi connectivity index (χ1n) is 5.11. The summed E-state index contributed by atoms with van der Waals surface area (Å²) in [6.07, 6.45) is -5.13. The van der Waals surface area contributed by atoms with Crippen LogP contribution in [0.4, 0.5) is 13.2 Å². The van der Waals surface area contributed by atoms with E-state index in [-0.39, 0.29) is 0 Å². The molecule has 0 aliphatic carbocycles. The molecule has 0 aliphatic heterocycles. The molecule has 22 heavy (non-hydrogen) atoms. The summed E-state index contributed by atoms with van der Waals surface area (Å²) in [6.45, 7) is 0. The molecular formula is C11H4Cl2F3O6-. The van der Waals surface area contributed by atoms with Gasteiger partial charge in [0.05, 0.1) is 22.7 Å². The van der Waals surface area contributed by atoms with Crippen molar-refractivity contribution in [2.75, 3.05) is 7.11 Å². The van der Waals surface area contributed by atoms with Gasteiger partial charge in [-0.2, -0.15) is 13.2 Å². The lowest BCUT2D eigenvalue weighted by Crippen LogP contribution is -2.35. The summed E-state index contributed by atoms with van der Waals surface area (Å²) in [7, 11) is 0.752. The monoisotopic (exact) mass is 359 g/mol. The van der Waals surface area contributed by atoms with Gasteiger partial charge in [0.15, 0.2) is 11.7 Å². The van der Waals surface area contributed by atoms with E-state index >= 15 is 0 Å². The standard InChI is InChI=1S/C11H5Cl2F3O6/c1-21-9(19)5-6(11(14,15)16)3(12)2-4(13)7(5)22-10(20)8(17)18/h2H,1H3,(H,17,18)/p-1. The molecule has 0 unspecified atom stereocenters. The fourth-order valence-electron chi connectivity index (χ4n) is 1.41. The number of carbonyl (C=O) groups is 3. The number of rotatable bonds is 2. The van der Waals surface area contributed by atoms with Gasteiger partial charge in [0.2, 0.25) is 0 Å². The number of alkyl halides is 3. The largest absolute Gasteiger partial charge is 0.539 e. The fourth-order valence-corrected chi connectivity index (χ4v) is 2.02. The van der Waals surface area contributed by atoms with E-state index in [9.17, 15) is 32.7 Å². The number of benzene rings is 1. The number of methoxy groups -OCH3 is 1. The molecule has 0 bridgehead atoms. The topological polar surface area (TPSA) is 92.7 Å². The number of carboxylic acid groups (broad SMARTS) is 1. The van der Waals surface area contributed by atoms with Gasteiger partial charge in [-0.1, -0.05) is 23.2 Å². The van der Waals surface area contributed by atoms with Gasteiger partial charge in [-0.05, 0) is 6.07 Å². The van der Waals surface area contributed by atoms with Crippen LogP contribution in [-0.4, -0.2) is 25.0 Å². The molecule has 6 nitrogen and oxygen atoms in total. The lowest BCUT2D eigenvalue weighted by Gasteiger charge is -2.18. The smallest absolute Gasteiger partial charge is 0.418 e. The molecule has 1 aromatic rings. The van der Waals surface area contributed by atoms with Crippen molar-refractivity contribution in [2.24, 2.45) is 0 Å². The van der Waals surface area contributed by atoms with Crippen molar-refractivity contribution in [1.29, 1.82) is 0 Å². The molecule has 0 heterocycles. The molecule has 0 aromatic heterocycles. The Morgan fingerprint density at radius 1 is 1.18 bits per heavy atom. The van der Waals surface area contributed by atoms with Gasteiger partial charge in [0.1, 0.15) is 5.56 Å². The highest BCUT2D eigenvalue weighted by molar-refractivity contribution is 6.37. The number of ether oxygens (including phenoxy) is 2. The van der Waals surface area contributed by atoms with Gasteiger partial charge in [-0.3, -0.25) is 0 Å². The van der Waals surface area contributed by atoms with Gasteiger partial charge < -0.3 is 19.4 Å². The zero-order valence-electron chi connectivity index (χ0n) is 10.4. The molecule has 0 fully saturated rings. The van der Waals surface area contributed by atoms with Gasteiger partial charge in [0, 0.05) is 0 Å². The van der Waals surface area contributed by atoms with Gasteiger partial charge in [-0.15, -0.1) is 0 Å². The molecule has 11 heteroatoms. The third-order valence-corrected chi connectivity index (χ3v) is 2.80. The Balaban J connectivity index is 3.71. The first kappa shape index (κ1) is 18.1. The third kappa shape index (κ3) is 3.60. The zero-order valence-corrected chi connectivity index (χ0v) is 11.9. The molecule has 0 amide bonds. The number of halogens is 5. The maximum absolute atomic E-state index is 13.0. The van der Waals surface area contributed by atoms with Crippen LogP contribution >= 0.6 is 23.2 Å². The van der Waals surface area contributed by atoms with Crippen LogP contribution < -0.4 is 9.84 Å². The lowest BCUT2D eigenvalue weighted by molar-refractivity contribution is -0.302. The predicted molar refractivity (Wildman–Crippen MR) is 63.4 cm³/mol. The quantitative estimate of drug-likeness (QED) is 0.450. The highest BCUT2D eigenvalue weighted by Crippen LogP contribution is 2.44. The summed E-state index contributed by atoms with van der Waals surface area (Å²) >= 11 is 11.0. The maximum Gasteiger partial charge on any atom is 0.418 e. The highest BCUT2D eigenvalue weighted by atomic mass is 35.5. The first-order chi connectivity index (χ1) is 10.0. The second-order valence-electron chi connectivity index (χ2n) is 3.59. The van der Waals surface area contributed by atoms with Crippen LogP contribution in [0.1, 0.15) is 15.9 Å². The number of carbonyl (C=O) groups excluding carboxylic acids is 3. The molecule has 0 aliphatic rings. The van der Waals surface area contributed by atoms with Crippen molar-refractivity contribution in [3.63, 3.8) is 0 Å². The van der Waals surface area contributed by atoms with Gasteiger partial charge >= 0.3 is 18.1 Å². The summed E-state index contributed by atoms with van der Waals surface area (Å²) < 4.78 is 47.3. The van der Waals surface area contributed by atoms with Crippen LogP contribution in [0.5, 0.6) is 5.75 Å². The molecule has 1 aromatic carbocycles. The van der Waals surface area contributed by atoms with E-state index in [1.165, 1.54) is 0 Å². The molecule has 0 atom stereocenters. The molecule has 0 spiro atoms. The predicted octanol–water partition coefficient (Wildman–Crippen LogP) is 1.45. The number of hydrogen-bond acceptors (Lipinski definition) is 6. The Bertz CT molecular complexity index is 656. The van der Waals surface area contributed by atoms with Crippen molar-refractivity contribution in [1.82, 2.24) is 0 Å². The van der Waals surface area contributed by atoms with Crippen LogP contribution in [0.3, 0.4) is 0 Å². The molecule has 1 rings (SSSR count). The second kappa shape index (κ2) is 6.41. The molecule has 0 saturated carbocycles. The molecular weight excluding hydrogens is 356 g/mol. The number of carboxylic acids is 1. The van der Waals surface area contributed by atoms with Crippen LogP contribution in [0.2, 0.25) is 10.0 Å². The molecule has 0 saturated heterocycles. The minimum absolute atomic E-state index is 0.538. The van der Waals surface area contributed by atoms with E-state index in [1.54, 1.807) is 0 Å². The van der Waals surface area contributed by atoms with Crippen molar-refractivity contribution in [3.8, 4) is 5.75 Å². The fraction of sp³-hybridized carbons (Fsp3) is 0.182. The normalized spacial score (nSPS) is 11.0. The zero-order chi connectivity index (χ0) is 17.2. The van der Waals surface area contributed by atoms with E-state index in [1.807, 2.05) is 0 Å². The Morgan fingerprint density at radius 3 is 2.14 bits per heavy atom. The van der Waals surface area contributed by atoms with Crippen molar-refractivity contribution in [3.05, 3.63) is 27.2 Å². The number of esters is 2. The molecule has 0 N–H and O–H groups in total. The lowest BCUT2D eigenvalue weighted by atomic mass is 10.1. The summed E-state index contributed by atoms with van der Waals surface area (Å²) in [5.41, 5.74) is -3.02. The molecule has 120 valence electrons. The SMILES string of the molecule is COC(=O)c1c(OC(=O)C(=O)[O-])c(Cl)cc(Cl)c1C(F)(F)F. The first-order valence-corrected chi connectivity index (χ1v) is 5.87. The Hall–Kier alpha value is -2.00. The average molecular weight is 360 g/mol. The minimum atomic E-state index is -5.13. The average Bonchev–Trinajstić information content (AvgIpc) is 2.38. The van der Waals surface area contributed by atoms with Gasteiger partial charge in [-0.25, -0.2) is 9.59 Å². The van der Waals surface area contributed by atoms with Gasteiger partial charge in [0.25, 0.3) is 0 Å². The van der Waals surface area contributed by atoms with E-state index in [0.717, 1.165) is 7.11 Å². The van der Waals surface area contributed by atoms with E-state index in [0.29, 0.717) is 6.07 Å². The summed E-state index contributed by atoms with van der Waals surface area (Å²) in [5, 5.41) is 8.65. The maximum atomic E-state index is 13.0. The van der Waals surface area contributed by atoms with Crippen molar-refractivity contribution in [2.45, 2.75) is 6.18 Å². The minimum Gasteiger partial charge on any atom is -0.539 e. The summed E-state index contributed by atoms with van der Waals surface area (Å²) in [6, 6.07) is 0.538. The number of hydrogen-bond donors (Lipinski definition) is 0. The van der Waals surface area contributed by atoms with E-state index < -0.39 is 51.0 Å². The van der Waals surface area contributed by atoms with Crippen molar-refractivity contribution < 1.29 is 42.1 Å². The van der Waals surface area contributed by atoms with Crippen molar-refractivity contribution >= 4 is 41.1 Å². The van der Waals surface area contributed by atoms with Crippen LogP contribution in [0.15, 0.2) is 6.07 Å². The van der Waals surface area contributed by atoms with E-state index in [4.69, 9.17) is 23.2 Å². The van der Waals surface area contributed by atoms with E-state index in [2.05, 4.69) is 9.47 Å². The Kier molecular flexibility index (Phi) is 5.26. The molecule has 0 radical (unpaired) electrons. The highest BCUT2D eigenvalue weighted by Gasteiger charge is 2.41. The van der Waals surface area contributed by atoms with Crippen LogP contribution in [0.25, 0.3) is 0 Å². The second-order valence-corrected chi connectivity index (χ2v) is 4.40. The summed E-state index contributed by atoms with van der Waals surface area (Å²) in [4.78, 5) is 32.8. The van der Waals surface area contributed by atoms with Crippen LogP contribution in [0, 0.1) is 0 Å². The third-order valence-electron chi connectivity index (χ3n) is 2.22. The van der Waals surface area contributed by atoms with Crippen LogP contribution in [-0.2, 0) is 20.5 Å².